The molecule has 0 saturated carbocycles. The van der Waals surface area contributed by atoms with Crippen molar-refractivity contribution in [3.63, 3.8) is 0 Å². The van der Waals surface area contributed by atoms with Crippen LogP contribution in [0.25, 0.3) is 10.9 Å². The van der Waals surface area contributed by atoms with Gasteiger partial charge in [0.2, 0.25) is 0 Å². The van der Waals surface area contributed by atoms with Crippen molar-refractivity contribution in [2.75, 3.05) is 5.88 Å². The molecular formula is C12H13ClN2O2. The van der Waals surface area contributed by atoms with E-state index in [1.54, 1.807) is 13.1 Å². The lowest BCUT2D eigenvalue weighted by atomic mass is 10.1. The predicted octanol–water partition coefficient (Wildman–Crippen LogP) is 1.25. The van der Waals surface area contributed by atoms with Gasteiger partial charge in [0.05, 0.1) is 10.9 Å². The van der Waals surface area contributed by atoms with Crippen LogP contribution in [0, 0.1) is 6.92 Å². The molecule has 0 aliphatic carbocycles. The molecule has 0 aliphatic rings. The van der Waals surface area contributed by atoms with E-state index in [9.17, 15) is 9.59 Å². The number of rotatable bonds is 2. The number of hydrogen-bond donors (Lipinski definition) is 0. The van der Waals surface area contributed by atoms with Gasteiger partial charge in [-0.3, -0.25) is 13.9 Å². The maximum Gasteiger partial charge on any atom is 0.331 e. The number of halogens is 1. The smallest absolute Gasteiger partial charge is 0.296 e. The van der Waals surface area contributed by atoms with E-state index in [0.717, 1.165) is 5.56 Å². The van der Waals surface area contributed by atoms with Crippen molar-refractivity contribution < 1.29 is 0 Å². The number of nitrogens with zero attached hydrogens (tertiary/aromatic N) is 2. The monoisotopic (exact) mass is 252 g/mol. The Balaban J connectivity index is 3.02. The van der Waals surface area contributed by atoms with Gasteiger partial charge in [-0.1, -0.05) is 12.1 Å². The number of fused-ring (bicyclic) bond motifs is 1. The average Bonchev–Trinajstić information content (AvgIpc) is 2.31. The van der Waals surface area contributed by atoms with E-state index in [4.69, 9.17) is 11.6 Å². The van der Waals surface area contributed by atoms with Crippen LogP contribution in [0.1, 0.15) is 5.56 Å². The molecule has 0 aliphatic heterocycles. The van der Waals surface area contributed by atoms with Gasteiger partial charge in [0, 0.05) is 19.5 Å². The highest BCUT2D eigenvalue weighted by Gasteiger charge is 2.11. The SMILES string of the molecule is Cc1cccc2c1c(=O)n(CCCl)c(=O)n2C. The third-order valence-electron chi connectivity index (χ3n) is 2.90. The molecule has 0 atom stereocenters. The van der Waals surface area contributed by atoms with Crippen molar-refractivity contribution in [1.82, 2.24) is 9.13 Å². The summed E-state index contributed by atoms with van der Waals surface area (Å²) in [5, 5.41) is 0.583. The highest BCUT2D eigenvalue weighted by atomic mass is 35.5. The van der Waals surface area contributed by atoms with Crippen LogP contribution in [0.15, 0.2) is 27.8 Å². The number of aromatic nitrogens is 2. The minimum Gasteiger partial charge on any atom is -0.296 e. The predicted molar refractivity (Wildman–Crippen MR) is 68.9 cm³/mol. The first-order valence-corrected chi connectivity index (χ1v) is 5.86. The molecule has 17 heavy (non-hydrogen) atoms. The summed E-state index contributed by atoms with van der Waals surface area (Å²) in [5.41, 5.74) is 0.938. The van der Waals surface area contributed by atoms with Crippen LogP contribution in [0.4, 0.5) is 0 Å². The summed E-state index contributed by atoms with van der Waals surface area (Å²) in [7, 11) is 1.66. The summed E-state index contributed by atoms with van der Waals surface area (Å²) in [6.07, 6.45) is 0. The van der Waals surface area contributed by atoms with Gasteiger partial charge in [0.15, 0.2) is 0 Å². The molecule has 0 saturated heterocycles. The fraction of sp³-hybridized carbons (Fsp3) is 0.333. The zero-order valence-electron chi connectivity index (χ0n) is 9.74. The molecule has 0 fully saturated rings. The second-order valence-corrected chi connectivity index (χ2v) is 4.33. The van der Waals surface area contributed by atoms with Gasteiger partial charge in [-0.25, -0.2) is 4.79 Å². The van der Waals surface area contributed by atoms with Crippen LogP contribution >= 0.6 is 11.6 Å². The number of hydrogen-bond acceptors (Lipinski definition) is 2. The van der Waals surface area contributed by atoms with E-state index >= 15 is 0 Å². The van der Waals surface area contributed by atoms with Gasteiger partial charge >= 0.3 is 5.69 Å². The second kappa shape index (κ2) is 4.37. The van der Waals surface area contributed by atoms with Crippen molar-refractivity contribution in [3.8, 4) is 0 Å². The average molecular weight is 253 g/mol. The van der Waals surface area contributed by atoms with E-state index in [0.29, 0.717) is 10.9 Å². The molecule has 0 N–H and O–H groups in total. The van der Waals surface area contributed by atoms with Gasteiger partial charge in [-0.15, -0.1) is 11.6 Å². The van der Waals surface area contributed by atoms with E-state index in [1.807, 2.05) is 19.1 Å². The third-order valence-corrected chi connectivity index (χ3v) is 3.07. The lowest BCUT2D eigenvalue weighted by Gasteiger charge is -2.10. The van der Waals surface area contributed by atoms with E-state index in [2.05, 4.69) is 0 Å². The van der Waals surface area contributed by atoms with Crippen LogP contribution in [0.3, 0.4) is 0 Å². The van der Waals surface area contributed by atoms with Gasteiger partial charge in [0.1, 0.15) is 0 Å². The Morgan fingerprint density at radius 3 is 2.65 bits per heavy atom. The van der Waals surface area contributed by atoms with Crippen molar-refractivity contribution in [1.29, 1.82) is 0 Å². The first-order valence-electron chi connectivity index (χ1n) is 5.33. The molecule has 90 valence electrons. The van der Waals surface area contributed by atoms with Gasteiger partial charge in [-0.2, -0.15) is 0 Å². The summed E-state index contributed by atoms with van der Waals surface area (Å²) in [5.74, 6) is 0.243. The standard InChI is InChI=1S/C12H13ClN2O2/c1-8-4-3-5-9-10(8)11(16)15(7-6-13)12(17)14(9)2/h3-5H,6-7H2,1-2H3. The molecule has 4 nitrogen and oxygen atoms in total. The summed E-state index contributed by atoms with van der Waals surface area (Å²) in [4.78, 5) is 24.2. The Hall–Kier alpha value is -1.55. The molecule has 1 aromatic carbocycles. The van der Waals surface area contributed by atoms with Crippen molar-refractivity contribution >= 4 is 22.5 Å². The Morgan fingerprint density at radius 1 is 1.29 bits per heavy atom. The number of aryl methyl sites for hydroxylation is 2. The highest BCUT2D eigenvalue weighted by Crippen LogP contribution is 2.11. The zero-order chi connectivity index (χ0) is 12.6. The molecule has 1 aromatic heterocycles. The van der Waals surface area contributed by atoms with Crippen molar-refractivity contribution in [3.05, 3.63) is 44.6 Å². The summed E-state index contributed by atoms with van der Waals surface area (Å²) in [6, 6.07) is 5.47. The van der Waals surface area contributed by atoms with Crippen LogP contribution in [-0.4, -0.2) is 15.0 Å². The van der Waals surface area contributed by atoms with Crippen LogP contribution < -0.4 is 11.2 Å². The van der Waals surface area contributed by atoms with Crippen molar-refractivity contribution in [2.24, 2.45) is 7.05 Å². The fourth-order valence-electron chi connectivity index (χ4n) is 2.00. The molecule has 2 aromatic rings. The maximum absolute atomic E-state index is 12.2. The first kappa shape index (κ1) is 11.9. The summed E-state index contributed by atoms with van der Waals surface area (Å²) in [6.45, 7) is 2.09. The minimum atomic E-state index is -0.325. The zero-order valence-corrected chi connectivity index (χ0v) is 10.5. The Kier molecular flexibility index (Phi) is 3.07. The molecule has 0 unspecified atom stereocenters. The van der Waals surface area contributed by atoms with E-state index < -0.39 is 0 Å². The largest absolute Gasteiger partial charge is 0.331 e. The van der Waals surface area contributed by atoms with Gasteiger partial charge in [-0.05, 0) is 18.6 Å². The van der Waals surface area contributed by atoms with Crippen molar-refractivity contribution in [2.45, 2.75) is 13.5 Å². The first-order chi connectivity index (χ1) is 8.07. The number of alkyl halides is 1. The molecule has 0 amide bonds. The fourth-order valence-corrected chi connectivity index (χ4v) is 2.17. The lowest BCUT2D eigenvalue weighted by molar-refractivity contribution is 0.643. The van der Waals surface area contributed by atoms with E-state index in [-0.39, 0.29) is 23.7 Å². The van der Waals surface area contributed by atoms with E-state index in [1.165, 1.54) is 9.13 Å². The number of benzene rings is 1. The molecule has 1 heterocycles. The summed E-state index contributed by atoms with van der Waals surface area (Å²) >= 11 is 5.62. The summed E-state index contributed by atoms with van der Waals surface area (Å²) < 4.78 is 2.67. The molecule has 5 heteroatoms. The molecular weight excluding hydrogens is 240 g/mol. The molecule has 2 rings (SSSR count). The Bertz CT molecular complexity index is 685. The molecule has 0 spiro atoms. The molecule has 0 bridgehead atoms. The third kappa shape index (κ3) is 1.78. The van der Waals surface area contributed by atoms with Crippen LogP contribution in [0.5, 0.6) is 0 Å². The quantitative estimate of drug-likeness (QED) is 0.755. The van der Waals surface area contributed by atoms with Crippen LogP contribution in [-0.2, 0) is 13.6 Å². The highest BCUT2D eigenvalue weighted by molar-refractivity contribution is 6.17. The molecule has 0 radical (unpaired) electrons. The Morgan fingerprint density at radius 2 is 2.00 bits per heavy atom. The van der Waals surface area contributed by atoms with Crippen LogP contribution in [0.2, 0.25) is 0 Å². The Labute approximate surface area is 103 Å². The van der Waals surface area contributed by atoms with Gasteiger partial charge in [0.25, 0.3) is 5.56 Å². The lowest BCUT2D eigenvalue weighted by Crippen LogP contribution is -2.39. The topological polar surface area (TPSA) is 44.0 Å². The van der Waals surface area contributed by atoms with Gasteiger partial charge < -0.3 is 0 Å². The maximum atomic E-state index is 12.2. The normalized spacial score (nSPS) is 11.0. The minimum absolute atomic E-state index is 0.233. The second-order valence-electron chi connectivity index (χ2n) is 3.96.